The van der Waals surface area contributed by atoms with Gasteiger partial charge in [0.05, 0.1) is 12.7 Å². The van der Waals surface area contributed by atoms with Gasteiger partial charge in [-0.05, 0) is 48.4 Å². The first-order valence-electron chi connectivity index (χ1n) is 10.5. The van der Waals surface area contributed by atoms with Crippen molar-refractivity contribution in [3.05, 3.63) is 77.9 Å². The molecule has 3 aromatic carbocycles. The average molecular weight is 418 g/mol. The summed E-state index contributed by atoms with van der Waals surface area (Å²) in [5.41, 5.74) is 2.30. The highest BCUT2D eigenvalue weighted by molar-refractivity contribution is 5.97. The number of rotatable bonds is 6. The Kier molecular flexibility index (Phi) is 6.18. The fourth-order valence-corrected chi connectivity index (χ4v) is 3.68. The molecule has 2 N–H and O–H groups in total. The first-order valence-corrected chi connectivity index (χ1v) is 10.5. The van der Waals surface area contributed by atoms with Gasteiger partial charge in [-0.15, -0.1) is 0 Å². The molecule has 0 aliphatic carbocycles. The summed E-state index contributed by atoms with van der Waals surface area (Å²) in [6.07, 6.45) is 0.0287. The summed E-state index contributed by atoms with van der Waals surface area (Å²) in [5.74, 6) is -0.0575. The lowest BCUT2D eigenvalue weighted by molar-refractivity contribution is -0.0499. The molecule has 6 nitrogen and oxygen atoms in total. The Hall–Kier alpha value is -3.38. The standard InChI is InChI=1S/C25H27N3O3/c1-17(2)26-25(30)27-21-11-6-9-19(13-21)24(29)28-14-22(15-28)31-16-20-10-5-8-18-7-3-4-12-23(18)20/h3-13,17,22H,14-16H2,1-2H3,(H2,26,27,30). The number of amides is 3. The first kappa shape index (κ1) is 20.9. The molecule has 1 aliphatic rings. The van der Waals surface area contributed by atoms with E-state index in [9.17, 15) is 9.59 Å². The maximum Gasteiger partial charge on any atom is 0.319 e. The van der Waals surface area contributed by atoms with Gasteiger partial charge in [-0.2, -0.15) is 0 Å². The summed E-state index contributed by atoms with van der Waals surface area (Å²) < 4.78 is 6.04. The summed E-state index contributed by atoms with van der Waals surface area (Å²) in [4.78, 5) is 26.4. The number of likely N-dealkylation sites (tertiary alicyclic amines) is 1. The third kappa shape index (κ3) is 5.03. The van der Waals surface area contributed by atoms with Crippen LogP contribution in [0.2, 0.25) is 0 Å². The lowest BCUT2D eigenvalue weighted by Gasteiger charge is -2.39. The highest BCUT2D eigenvalue weighted by Gasteiger charge is 2.32. The summed E-state index contributed by atoms with van der Waals surface area (Å²) >= 11 is 0. The molecule has 1 fully saturated rings. The number of carbonyl (C=O) groups excluding carboxylic acids is 2. The fourth-order valence-electron chi connectivity index (χ4n) is 3.68. The van der Waals surface area contributed by atoms with Gasteiger partial charge in [0.15, 0.2) is 0 Å². The summed E-state index contributed by atoms with van der Waals surface area (Å²) in [7, 11) is 0. The van der Waals surface area contributed by atoms with Crippen LogP contribution in [0.25, 0.3) is 10.8 Å². The van der Waals surface area contributed by atoms with Gasteiger partial charge in [0.25, 0.3) is 5.91 Å². The Bertz CT molecular complexity index is 1080. The van der Waals surface area contributed by atoms with Crippen molar-refractivity contribution in [3.63, 3.8) is 0 Å². The van der Waals surface area contributed by atoms with Crippen LogP contribution in [-0.4, -0.2) is 42.1 Å². The largest absolute Gasteiger partial charge is 0.370 e. The van der Waals surface area contributed by atoms with Gasteiger partial charge in [-0.1, -0.05) is 48.5 Å². The second kappa shape index (κ2) is 9.18. The highest BCUT2D eigenvalue weighted by Crippen LogP contribution is 2.22. The van der Waals surface area contributed by atoms with Crippen molar-refractivity contribution >= 4 is 28.4 Å². The summed E-state index contributed by atoms with van der Waals surface area (Å²) in [6.45, 7) is 5.44. The zero-order valence-corrected chi connectivity index (χ0v) is 17.8. The maximum atomic E-state index is 12.8. The fraction of sp³-hybridized carbons (Fsp3) is 0.280. The van der Waals surface area contributed by atoms with Crippen LogP contribution in [0.15, 0.2) is 66.7 Å². The number of benzene rings is 3. The van der Waals surface area contributed by atoms with E-state index in [2.05, 4.69) is 34.9 Å². The van der Waals surface area contributed by atoms with E-state index >= 15 is 0 Å². The van der Waals surface area contributed by atoms with Gasteiger partial charge in [0.2, 0.25) is 0 Å². The number of nitrogens with zero attached hydrogens (tertiary/aromatic N) is 1. The van der Waals surface area contributed by atoms with E-state index in [4.69, 9.17) is 4.74 Å². The minimum absolute atomic E-state index is 0.0287. The SMILES string of the molecule is CC(C)NC(=O)Nc1cccc(C(=O)N2CC(OCc3cccc4ccccc34)C2)c1. The van der Waals surface area contributed by atoms with Crippen LogP contribution in [0.3, 0.4) is 0 Å². The van der Waals surface area contributed by atoms with Crippen molar-refractivity contribution in [2.45, 2.75) is 32.6 Å². The van der Waals surface area contributed by atoms with E-state index in [0.29, 0.717) is 30.9 Å². The van der Waals surface area contributed by atoms with Crippen molar-refractivity contribution < 1.29 is 14.3 Å². The van der Waals surface area contributed by atoms with Crippen molar-refractivity contribution in [3.8, 4) is 0 Å². The molecule has 3 amide bonds. The van der Waals surface area contributed by atoms with Crippen LogP contribution in [0.5, 0.6) is 0 Å². The molecule has 4 rings (SSSR count). The molecule has 3 aromatic rings. The molecule has 6 heteroatoms. The van der Waals surface area contributed by atoms with E-state index < -0.39 is 0 Å². The van der Waals surface area contributed by atoms with Gasteiger partial charge in [0, 0.05) is 30.4 Å². The van der Waals surface area contributed by atoms with E-state index in [-0.39, 0.29) is 24.1 Å². The third-order valence-electron chi connectivity index (χ3n) is 5.28. The van der Waals surface area contributed by atoms with Crippen molar-refractivity contribution in [2.24, 2.45) is 0 Å². The van der Waals surface area contributed by atoms with Crippen molar-refractivity contribution in [2.75, 3.05) is 18.4 Å². The van der Waals surface area contributed by atoms with Crippen LogP contribution in [0.4, 0.5) is 10.5 Å². The van der Waals surface area contributed by atoms with Gasteiger partial charge in [0.1, 0.15) is 0 Å². The van der Waals surface area contributed by atoms with E-state index in [0.717, 1.165) is 5.56 Å². The molecule has 1 heterocycles. The summed E-state index contributed by atoms with van der Waals surface area (Å²) in [6, 6.07) is 21.2. The average Bonchev–Trinajstić information content (AvgIpc) is 2.72. The minimum Gasteiger partial charge on any atom is -0.370 e. The number of fused-ring (bicyclic) bond motifs is 1. The molecule has 1 saturated heterocycles. The summed E-state index contributed by atoms with van der Waals surface area (Å²) in [5, 5.41) is 7.92. The molecular weight excluding hydrogens is 390 g/mol. The van der Waals surface area contributed by atoms with Gasteiger partial charge in [-0.25, -0.2) is 4.79 Å². The molecule has 1 aliphatic heterocycles. The molecule has 0 atom stereocenters. The smallest absolute Gasteiger partial charge is 0.319 e. The predicted octanol–water partition coefficient (Wildman–Crippen LogP) is 4.41. The van der Waals surface area contributed by atoms with Gasteiger partial charge < -0.3 is 20.3 Å². The van der Waals surface area contributed by atoms with Gasteiger partial charge >= 0.3 is 6.03 Å². The first-order chi connectivity index (χ1) is 15.0. The van der Waals surface area contributed by atoms with Crippen molar-refractivity contribution in [1.82, 2.24) is 10.2 Å². The second-order valence-corrected chi connectivity index (χ2v) is 8.12. The van der Waals surface area contributed by atoms with Crippen LogP contribution in [0.1, 0.15) is 29.8 Å². The Balaban J connectivity index is 1.30. The number of anilines is 1. The van der Waals surface area contributed by atoms with E-state index in [1.54, 1.807) is 29.2 Å². The van der Waals surface area contributed by atoms with E-state index in [1.807, 2.05) is 32.0 Å². The zero-order valence-electron chi connectivity index (χ0n) is 17.8. The Morgan fingerprint density at radius 3 is 2.58 bits per heavy atom. The molecule has 0 spiro atoms. The second-order valence-electron chi connectivity index (χ2n) is 8.12. The highest BCUT2D eigenvalue weighted by atomic mass is 16.5. The molecule has 0 saturated carbocycles. The Morgan fingerprint density at radius 2 is 1.77 bits per heavy atom. The lowest BCUT2D eigenvalue weighted by Crippen LogP contribution is -2.54. The van der Waals surface area contributed by atoms with Crippen LogP contribution in [0, 0.1) is 0 Å². The van der Waals surface area contributed by atoms with E-state index in [1.165, 1.54) is 10.8 Å². The Morgan fingerprint density at radius 1 is 1.03 bits per heavy atom. The number of nitrogens with one attached hydrogen (secondary N) is 2. The molecule has 160 valence electrons. The predicted molar refractivity (Wildman–Crippen MR) is 122 cm³/mol. The van der Waals surface area contributed by atoms with Crippen molar-refractivity contribution in [1.29, 1.82) is 0 Å². The van der Waals surface area contributed by atoms with Gasteiger partial charge in [-0.3, -0.25) is 4.79 Å². The molecule has 31 heavy (non-hydrogen) atoms. The minimum atomic E-state index is -0.287. The van der Waals surface area contributed by atoms with Crippen LogP contribution in [-0.2, 0) is 11.3 Å². The molecule has 0 bridgehead atoms. The lowest BCUT2D eigenvalue weighted by atomic mass is 10.0. The number of hydrogen-bond acceptors (Lipinski definition) is 3. The Labute approximate surface area is 182 Å². The van der Waals surface area contributed by atoms with Crippen LogP contribution < -0.4 is 10.6 Å². The zero-order chi connectivity index (χ0) is 21.8. The monoisotopic (exact) mass is 417 g/mol. The maximum absolute atomic E-state index is 12.8. The number of urea groups is 1. The van der Waals surface area contributed by atoms with Crippen LogP contribution >= 0.6 is 0 Å². The third-order valence-corrected chi connectivity index (χ3v) is 5.28. The number of hydrogen-bond donors (Lipinski definition) is 2. The normalized spacial score (nSPS) is 13.8. The quantitative estimate of drug-likeness (QED) is 0.624. The number of ether oxygens (including phenoxy) is 1. The topological polar surface area (TPSA) is 70.7 Å². The number of carbonyl (C=O) groups is 2. The molecule has 0 unspecified atom stereocenters. The molecule has 0 aromatic heterocycles. The molecular formula is C25H27N3O3. The molecule has 0 radical (unpaired) electrons.